The molecule has 2 aromatic rings. The summed E-state index contributed by atoms with van der Waals surface area (Å²) in [7, 11) is 0. The first-order valence-corrected chi connectivity index (χ1v) is 7.64. The molecule has 1 heterocycles. The minimum atomic E-state index is -0.418. The second-order valence-corrected chi connectivity index (χ2v) is 5.47. The third-order valence-corrected chi connectivity index (χ3v) is 3.16. The Balaban J connectivity index is 1.62. The number of aryl methyl sites for hydroxylation is 3. The molecule has 128 valence electrons. The first kappa shape index (κ1) is 17.5. The number of hydrogen-bond donors (Lipinski definition) is 2. The van der Waals surface area contributed by atoms with Crippen molar-refractivity contribution >= 4 is 11.8 Å². The lowest BCUT2D eigenvalue weighted by Crippen LogP contribution is -2.43. The summed E-state index contributed by atoms with van der Waals surface area (Å²) in [6.07, 6.45) is 3.91. The summed E-state index contributed by atoms with van der Waals surface area (Å²) >= 11 is 0. The van der Waals surface area contributed by atoms with Crippen LogP contribution in [0.3, 0.4) is 0 Å². The first-order chi connectivity index (χ1) is 11.5. The lowest BCUT2D eigenvalue weighted by atomic mass is 10.1. The molecule has 0 unspecified atom stereocenters. The molecule has 0 spiro atoms. The number of ether oxygens (including phenoxy) is 1. The third-order valence-electron chi connectivity index (χ3n) is 3.16. The van der Waals surface area contributed by atoms with Crippen LogP contribution in [0.2, 0.25) is 0 Å². The topological polar surface area (TPSA) is 98.1 Å². The Morgan fingerprint density at radius 2 is 1.83 bits per heavy atom. The average Bonchev–Trinajstić information content (AvgIpc) is 3.03. The molecular formula is C16H21N5O3. The molecule has 0 saturated carbocycles. The van der Waals surface area contributed by atoms with Gasteiger partial charge in [-0.15, -0.1) is 0 Å². The molecule has 0 radical (unpaired) electrons. The molecule has 2 amide bonds. The zero-order valence-corrected chi connectivity index (χ0v) is 13.8. The van der Waals surface area contributed by atoms with E-state index in [0.29, 0.717) is 18.7 Å². The van der Waals surface area contributed by atoms with Crippen molar-refractivity contribution in [1.29, 1.82) is 0 Å². The average molecular weight is 331 g/mol. The summed E-state index contributed by atoms with van der Waals surface area (Å²) in [6.45, 7) is 4.35. The van der Waals surface area contributed by atoms with Gasteiger partial charge in [0.2, 0.25) is 5.91 Å². The molecule has 1 aromatic carbocycles. The number of rotatable bonds is 7. The van der Waals surface area contributed by atoms with Crippen LogP contribution in [0.1, 0.15) is 24.0 Å². The number of nitrogens with zero attached hydrogens (tertiary/aromatic N) is 3. The van der Waals surface area contributed by atoms with Gasteiger partial charge in [-0.3, -0.25) is 25.1 Å². The number of hydrazine groups is 1. The van der Waals surface area contributed by atoms with Gasteiger partial charge in [0.15, 0.2) is 6.61 Å². The normalized spacial score (nSPS) is 10.2. The van der Waals surface area contributed by atoms with Crippen molar-refractivity contribution in [2.75, 3.05) is 6.61 Å². The molecule has 0 aliphatic rings. The molecule has 0 bridgehead atoms. The Morgan fingerprint density at radius 1 is 1.12 bits per heavy atom. The van der Waals surface area contributed by atoms with E-state index in [9.17, 15) is 9.59 Å². The smallest absolute Gasteiger partial charge is 0.276 e. The number of aromatic nitrogens is 3. The molecule has 2 N–H and O–H groups in total. The first-order valence-electron chi connectivity index (χ1n) is 7.64. The van der Waals surface area contributed by atoms with Gasteiger partial charge in [-0.05, 0) is 43.5 Å². The predicted octanol–water partition coefficient (Wildman–Crippen LogP) is 0.902. The van der Waals surface area contributed by atoms with E-state index in [1.807, 2.05) is 32.0 Å². The van der Waals surface area contributed by atoms with Gasteiger partial charge < -0.3 is 4.74 Å². The molecule has 8 heteroatoms. The van der Waals surface area contributed by atoms with Crippen molar-refractivity contribution in [2.24, 2.45) is 0 Å². The zero-order valence-electron chi connectivity index (χ0n) is 13.8. The molecule has 0 saturated heterocycles. The molecule has 0 atom stereocenters. The minimum Gasteiger partial charge on any atom is -0.484 e. The van der Waals surface area contributed by atoms with E-state index in [0.717, 1.165) is 11.1 Å². The summed E-state index contributed by atoms with van der Waals surface area (Å²) in [5, 5.41) is 3.94. The number of benzene rings is 1. The lowest BCUT2D eigenvalue weighted by molar-refractivity contribution is -0.130. The fraction of sp³-hybridized carbons (Fsp3) is 0.375. The Morgan fingerprint density at radius 3 is 2.50 bits per heavy atom. The fourth-order valence-corrected chi connectivity index (χ4v) is 2.15. The van der Waals surface area contributed by atoms with E-state index in [4.69, 9.17) is 4.74 Å². The highest BCUT2D eigenvalue weighted by atomic mass is 16.5. The van der Waals surface area contributed by atoms with E-state index < -0.39 is 5.91 Å². The van der Waals surface area contributed by atoms with Crippen molar-refractivity contribution in [3.05, 3.63) is 42.0 Å². The van der Waals surface area contributed by atoms with Crippen molar-refractivity contribution in [3.63, 3.8) is 0 Å². The number of carbonyl (C=O) groups is 2. The number of amides is 2. The number of nitrogens with one attached hydrogen (secondary N) is 2. The monoisotopic (exact) mass is 331 g/mol. The van der Waals surface area contributed by atoms with Crippen LogP contribution in [0.15, 0.2) is 30.9 Å². The number of hydrogen-bond acceptors (Lipinski definition) is 5. The van der Waals surface area contributed by atoms with Gasteiger partial charge >= 0.3 is 0 Å². The van der Waals surface area contributed by atoms with Crippen molar-refractivity contribution < 1.29 is 14.3 Å². The van der Waals surface area contributed by atoms with Gasteiger partial charge in [-0.2, -0.15) is 5.10 Å². The van der Waals surface area contributed by atoms with E-state index >= 15 is 0 Å². The third kappa shape index (κ3) is 6.07. The van der Waals surface area contributed by atoms with Crippen molar-refractivity contribution in [2.45, 2.75) is 33.2 Å². The van der Waals surface area contributed by atoms with Crippen LogP contribution >= 0.6 is 0 Å². The second-order valence-electron chi connectivity index (χ2n) is 5.47. The molecule has 24 heavy (non-hydrogen) atoms. The molecule has 0 aliphatic carbocycles. The maximum atomic E-state index is 11.7. The Labute approximate surface area is 140 Å². The summed E-state index contributed by atoms with van der Waals surface area (Å²) in [5.41, 5.74) is 6.81. The maximum Gasteiger partial charge on any atom is 0.276 e. The van der Waals surface area contributed by atoms with E-state index in [1.165, 1.54) is 6.33 Å². The van der Waals surface area contributed by atoms with Crippen LogP contribution in [0.4, 0.5) is 0 Å². The van der Waals surface area contributed by atoms with Crippen molar-refractivity contribution in [1.82, 2.24) is 25.6 Å². The van der Waals surface area contributed by atoms with Gasteiger partial charge in [0.05, 0.1) is 0 Å². The largest absolute Gasteiger partial charge is 0.484 e. The Bertz CT molecular complexity index is 665. The van der Waals surface area contributed by atoms with E-state index in [-0.39, 0.29) is 18.9 Å². The Hall–Kier alpha value is -2.90. The fourth-order valence-electron chi connectivity index (χ4n) is 2.15. The maximum absolute atomic E-state index is 11.7. The van der Waals surface area contributed by atoms with E-state index in [1.54, 1.807) is 11.0 Å². The van der Waals surface area contributed by atoms with Crippen LogP contribution in [0.25, 0.3) is 0 Å². The summed E-state index contributed by atoms with van der Waals surface area (Å²) in [4.78, 5) is 27.1. The molecule has 1 aromatic heterocycles. The summed E-state index contributed by atoms with van der Waals surface area (Å²) in [5.74, 6) is -0.0598. The Kier molecular flexibility index (Phi) is 6.30. The van der Waals surface area contributed by atoms with Gasteiger partial charge in [-0.1, -0.05) is 6.07 Å². The van der Waals surface area contributed by atoms with Gasteiger partial charge in [-0.25, -0.2) is 4.98 Å². The zero-order chi connectivity index (χ0) is 17.4. The lowest BCUT2D eigenvalue weighted by Gasteiger charge is -2.10. The van der Waals surface area contributed by atoms with Crippen LogP contribution in [0, 0.1) is 13.8 Å². The van der Waals surface area contributed by atoms with Crippen molar-refractivity contribution in [3.8, 4) is 5.75 Å². The molecule has 8 nitrogen and oxygen atoms in total. The highest BCUT2D eigenvalue weighted by Crippen LogP contribution is 2.15. The standard InChI is InChI=1S/C16H21N5O3/c1-12-6-13(2)8-14(7-12)24-9-16(23)20-19-15(22)4-3-5-21-11-17-10-18-21/h6-8,10-11H,3-5,9H2,1-2H3,(H,19,22)(H,20,23). The van der Waals surface area contributed by atoms with Gasteiger partial charge in [0, 0.05) is 13.0 Å². The highest BCUT2D eigenvalue weighted by Gasteiger charge is 2.06. The minimum absolute atomic E-state index is 0.165. The number of carbonyl (C=O) groups excluding carboxylic acids is 2. The van der Waals surface area contributed by atoms with Crippen LogP contribution in [-0.4, -0.2) is 33.2 Å². The van der Waals surface area contributed by atoms with E-state index in [2.05, 4.69) is 20.9 Å². The molecular weight excluding hydrogens is 310 g/mol. The SMILES string of the molecule is Cc1cc(C)cc(OCC(=O)NNC(=O)CCCn2cncn2)c1. The summed E-state index contributed by atoms with van der Waals surface area (Å²) in [6, 6.07) is 5.72. The second kappa shape index (κ2) is 8.66. The van der Waals surface area contributed by atoms with Gasteiger partial charge in [0.1, 0.15) is 18.4 Å². The van der Waals surface area contributed by atoms with Gasteiger partial charge in [0.25, 0.3) is 5.91 Å². The molecule has 0 aliphatic heterocycles. The summed E-state index contributed by atoms with van der Waals surface area (Å²) < 4.78 is 7.05. The van der Waals surface area contributed by atoms with Crippen LogP contribution in [0.5, 0.6) is 5.75 Å². The van der Waals surface area contributed by atoms with Crippen LogP contribution in [-0.2, 0) is 16.1 Å². The molecule has 0 fully saturated rings. The van der Waals surface area contributed by atoms with Crippen LogP contribution < -0.4 is 15.6 Å². The predicted molar refractivity (Wildman–Crippen MR) is 87.0 cm³/mol. The highest BCUT2D eigenvalue weighted by molar-refractivity contribution is 5.82. The quantitative estimate of drug-likeness (QED) is 0.735. The molecule has 2 rings (SSSR count).